The molecule has 1 aromatic carbocycles. The number of benzene rings is 1. The van der Waals surface area contributed by atoms with Gasteiger partial charge < -0.3 is 10.1 Å². The van der Waals surface area contributed by atoms with E-state index in [1.165, 1.54) is 25.1 Å². The van der Waals surface area contributed by atoms with Crippen LogP contribution in [0.25, 0.3) is 0 Å². The fourth-order valence-electron chi connectivity index (χ4n) is 4.25. The Morgan fingerprint density at radius 1 is 1.16 bits per heavy atom. The summed E-state index contributed by atoms with van der Waals surface area (Å²) in [4.78, 5) is 16.5. The molecule has 0 aliphatic heterocycles. The lowest BCUT2D eigenvalue weighted by Gasteiger charge is -2.28. The minimum Gasteiger partial charge on any atom is -0.474 e. The molecule has 1 heterocycles. The molecule has 1 fully saturated rings. The van der Waals surface area contributed by atoms with Gasteiger partial charge in [0.1, 0.15) is 17.6 Å². The number of sulfonamides is 1. The van der Waals surface area contributed by atoms with Gasteiger partial charge in [0, 0.05) is 12.1 Å². The molecule has 0 radical (unpaired) electrons. The molecule has 2 N–H and O–H groups in total. The number of ether oxygens (including phenoxy) is 1. The van der Waals surface area contributed by atoms with E-state index >= 15 is 0 Å². The molecule has 2 aromatic rings. The second-order valence-electron chi connectivity index (χ2n) is 9.38. The Bertz CT molecular complexity index is 1210. The molecular weight excluding hydrogens is 514 g/mol. The zero-order valence-electron chi connectivity index (χ0n) is 20.9. The number of carbonyl (C=O) groups is 1. The second-order valence-corrected chi connectivity index (χ2v) is 11.1. The number of carbonyl (C=O) groups excluding carboxylic acids is 1. The number of aromatic nitrogens is 1. The number of rotatable bonds is 9. The molecule has 1 aliphatic carbocycles. The maximum Gasteiger partial charge on any atom is 0.433 e. The molecule has 1 saturated carbocycles. The van der Waals surface area contributed by atoms with Gasteiger partial charge in [-0.15, -0.1) is 0 Å². The van der Waals surface area contributed by atoms with Crippen LogP contribution in [0.5, 0.6) is 5.88 Å². The van der Waals surface area contributed by atoms with Gasteiger partial charge in [-0.1, -0.05) is 19.4 Å². The van der Waals surface area contributed by atoms with Crippen LogP contribution in [0, 0.1) is 11.7 Å². The molecular formula is C25H31F4N3O4S. The number of amides is 1. The lowest BCUT2D eigenvalue weighted by atomic mass is 9.86. The topological polar surface area (TPSA) is 97.4 Å². The summed E-state index contributed by atoms with van der Waals surface area (Å²) in [7, 11) is -3.68. The highest BCUT2D eigenvalue weighted by Crippen LogP contribution is 2.33. The van der Waals surface area contributed by atoms with Crippen LogP contribution in [0.15, 0.2) is 30.3 Å². The Labute approximate surface area is 214 Å². The zero-order valence-corrected chi connectivity index (χ0v) is 21.7. The standard InChI is InChI=1S/C25H31F4N3O4S/c1-4-16-5-9-19(10-6-16)36-24-18(8-12-22(31-24)25(27,28)29)14-30-23(33)15(2)17-7-11-21(20(26)13-17)32-37(3,34)35/h7-8,11-13,15-16,19,32H,4-6,9-10,14H2,1-3H3,(H,30,33). The second kappa shape index (κ2) is 11.7. The molecule has 37 heavy (non-hydrogen) atoms. The number of hydrogen-bond acceptors (Lipinski definition) is 5. The summed E-state index contributed by atoms with van der Waals surface area (Å²) in [6.45, 7) is 3.50. The van der Waals surface area contributed by atoms with Crippen LogP contribution in [0.2, 0.25) is 0 Å². The number of nitrogens with one attached hydrogen (secondary N) is 2. The monoisotopic (exact) mass is 545 g/mol. The van der Waals surface area contributed by atoms with E-state index < -0.39 is 39.5 Å². The van der Waals surface area contributed by atoms with Gasteiger partial charge in [-0.05, 0) is 68.4 Å². The number of alkyl halides is 3. The Kier molecular flexibility index (Phi) is 9.04. The number of anilines is 1. The number of hydrogen-bond donors (Lipinski definition) is 2. The van der Waals surface area contributed by atoms with Gasteiger partial charge >= 0.3 is 6.18 Å². The van der Waals surface area contributed by atoms with Crippen molar-refractivity contribution in [3.05, 3.63) is 53.0 Å². The summed E-state index contributed by atoms with van der Waals surface area (Å²) in [5, 5.41) is 2.65. The first-order valence-corrected chi connectivity index (χ1v) is 13.9. The summed E-state index contributed by atoms with van der Waals surface area (Å²) in [6.07, 6.45) is 0.331. The number of halogens is 4. The van der Waals surface area contributed by atoms with E-state index in [0.717, 1.165) is 50.5 Å². The molecule has 0 bridgehead atoms. The SMILES string of the molecule is CCC1CCC(Oc2nc(C(F)(F)F)ccc2CNC(=O)C(C)c2ccc(NS(C)(=O)=O)c(F)c2)CC1. The van der Waals surface area contributed by atoms with Gasteiger partial charge in [0.05, 0.1) is 17.9 Å². The predicted molar refractivity (Wildman–Crippen MR) is 131 cm³/mol. The molecule has 0 saturated heterocycles. The van der Waals surface area contributed by atoms with Gasteiger partial charge in [-0.25, -0.2) is 17.8 Å². The molecule has 1 aromatic heterocycles. The van der Waals surface area contributed by atoms with Crippen LogP contribution in [0.3, 0.4) is 0 Å². The fourth-order valence-corrected chi connectivity index (χ4v) is 4.81. The first kappa shape index (κ1) is 28.7. The minimum atomic E-state index is -4.64. The van der Waals surface area contributed by atoms with E-state index in [0.29, 0.717) is 17.0 Å². The quantitative estimate of drug-likeness (QED) is 0.413. The van der Waals surface area contributed by atoms with E-state index in [1.807, 2.05) is 4.72 Å². The third-order valence-corrected chi connectivity index (χ3v) is 7.10. The summed E-state index contributed by atoms with van der Waals surface area (Å²) < 4.78 is 84.8. The highest BCUT2D eigenvalue weighted by Gasteiger charge is 2.34. The van der Waals surface area contributed by atoms with E-state index in [-0.39, 0.29) is 24.2 Å². The van der Waals surface area contributed by atoms with Crippen LogP contribution in [0.4, 0.5) is 23.2 Å². The van der Waals surface area contributed by atoms with Crippen LogP contribution in [-0.2, 0) is 27.5 Å². The van der Waals surface area contributed by atoms with E-state index in [9.17, 15) is 30.8 Å². The molecule has 1 atom stereocenters. The molecule has 3 rings (SSSR count). The highest BCUT2D eigenvalue weighted by atomic mass is 32.2. The first-order chi connectivity index (χ1) is 17.3. The van der Waals surface area contributed by atoms with Gasteiger partial charge in [-0.3, -0.25) is 9.52 Å². The van der Waals surface area contributed by atoms with E-state index in [2.05, 4.69) is 17.2 Å². The van der Waals surface area contributed by atoms with Gasteiger partial charge in [-0.2, -0.15) is 13.2 Å². The summed E-state index contributed by atoms with van der Waals surface area (Å²) in [6, 6.07) is 5.77. The zero-order chi connectivity index (χ0) is 27.4. The van der Waals surface area contributed by atoms with Crippen molar-refractivity contribution >= 4 is 21.6 Å². The maximum absolute atomic E-state index is 14.3. The van der Waals surface area contributed by atoms with Crippen LogP contribution in [0.1, 0.15) is 68.7 Å². The first-order valence-electron chi connectivity index (χ1n) is 12.1. The maximum atomic E-state index is 14.3. The average molecular weight is 546 g/mol. The van der Waals surface area contributed by atoms with Crippen molar-refractivity contribution in [2.75, 3.05) is 11.0 Å². The summed E-state index contributed by atoms with van der Waals surface area (Å²) in [5.74, 6) is -1.75. The Morgan fingerprint density at radius 3 is 2.41 bits per heavy atom. The summed E-state index contributed by atoms with van der Waals surface area (Å²) in [5.41, 5.74) is -0.732. The van der Waals surface area contributed by atoms with Crippen LogP contribution < -0.4 is 14.8 Å². The van der Waals surface area contributed by atoms with Crippen molar-refractivity contribution < 1.29 is 35.5 Å². The van der Waals surface area contributed by atoms with E-state index in [1.54, 1.807) is 0 Å². The van der Waals surface area contributed by atoms with Crippen molar-refractivity contribution in [3.63, 3.8) is 0 Å². The van der Waals surface area contributed by atoms with E-state index in [4.69, 9.17) is 4.74 Å². The highest BCUT2D eigenvalue weighted by molar-refractivity contribution is 7.92. The average Bonchev–Trinajstić information content (AvgIpc) is 2.83. The van der Waals surface area contributed by atoms with Crippen LogP contribution >= 0.6 is 0 Å². The minimum absolute atomic E-state index is 0.135. The molecule has 1 amide bonds. The van der Waals surface area contributed by atoms with Gasteiger partial charge in [0.2, 0.25) is 21.8 Å². The summed E-state index contributed by atoms with van der Waals surface area (Å²) >= 11 is 0. The third kappa shape index (κ3) is 8.05. The molecule has 1 aliphatic rings. The third-order valence-electron chi connectivity index (χ3n) is 6.51. The molecule has 0 spiro atoms. The van der Waals surface area contributed by atoms with Crippen molar-refractivity contribution in [3.8, 4) is 5.88 Å². The Balaban J connectivity index is 1.72. The van der Waals surface area contributed by atoms with Gasteiger partial charge in [0.25, 0.3) is 0 Å². The normalized spacial score (nSPS) is 19.2. The lowest BCUT2D eigenvalue weighted by molar-refractivity contribution is -0.141. The lowest BCUT2D eigenvalue weighted by Crippen LogP contribution is -2.29. The van der Waals surface area contributed by atoms with Crippen molar-refractivity contribution in [2.24, 2.45) is 5.92 Å². The Hall–Kier alpha value is -2.89. The molecule has 7 nitrogen and oxygen atoms in total. The smallest absolute Gasteiger partial charge is 0.433 e. The van der Waals surface area contributed by atoms with Crippen molar-refractivity contribution in [1.82, 2.24) is 10.3 Å². The van der Waals surface area contributed by atoms with Crippen molar-refractivity contribution in [1.29, 1.82) is 0 Å². The molecule has 12 heteroatoms. The van der Waals surface area contributed by atoms with Crippen LogP contribution in [-0.4, -0.2) is 31.7 Å². The largest absolute Gasteiger partial charge is 0.474 e. The fraction of sp³-hybridized carbons (Fsp3) is 0.520. The predicted octanol–water partition coefficient (Wildman–Crippen LogP) is 5.38. The number of pyridine rings is 1. The Morgan fingerprint density at radius 2 is 1.84 bits per heavy atom. The molecule has 204 valence electrons. The van der Waals surface area contributed by atoms with Crippen molar-refractivity contribution in [2.45, 2.75) is 70.7 Å². The van der Waals surface area contributed by atoms with Gasteiger partial charge in [0.15, 0.2) is 0 Å². The molecule has 1 unspecified atom stereocenters. The number of nitrogens with zero attached hydrogens (tertiary/aromatic N) is 1.